The average Bonchev–Trinajstić information content (AvgIpc) is 2.50. The zero-order chi connectivity index (χ0) is 15.2. The van der Waals surface area contributed by atoms with Crippen molar-refractivity contribution in [2.24, 2.45) is 5.92 Å². The highest BCUT2D eigenvalue weighted by Crippen LogP contribution is 2.24. The minimum Gasteiger partial charge on any atom is -0.378 e. The molecular formula is C17H26N2O2. The zero-order valence-electron chi connectivity index (χ0n) is 13.3. The quantitative estimate of drug-likeness (QED) is 0.905. The largest absolute Gasteiger partial charge is 0.378 e. The Morgan fingerprint density at radius 3 is 2.71 bits per heavy atom. The number of nitrogens with one attached hydrogen (secondary N) is 1. The van der Waals surface area contributed by atoms with Crippen LogP contribution < -0.4 is 10.2 Å². The predicted octanol–water partition coefficient (Wildman–Crippen LogP) is 3.21. The molecule has 0 radical (unpaired) electrons. The molecule has 1 heterocycles. The minimum absolute atomic E-state index is 0.0633. The third-order valence-corrected chi connectivity index (χ3v) is 4.01. The number of rotatable bonds is 5. The molecule has 1 fully saturated rings. The van der Waals surface area contributed by atoms with Gasteiger partial charge in [0, 0.05) is 30.4 Å². The van der Waals surface area contributed by atoms with E-state index in [0.29, 0.717) is 0 Å². The summed E-state index contributed by atoms with van der Waals surface area (Å²) < 4.78 is 5.38. The summed E-state index contributed by atoms with van der Waals surface area (Å²) in [6, 6.07) is 6.24. The first-order chi connectivity index (χ1) is 10.1. The fraction of sp³-hybridized carbons (Fsp3) is 0.588. The van der Waals surface area contributed by atoms with Crippen LogP contribution in [0, 0.1) is 12.8 Å². The second-order valence-corrected chi connectivity index (χ2v) is 5.78. The Bertz CT molecular complexity index is 482. The molecule has 0 bridgehead atoms. The van der Waals surface area contributed by atoms with Gasteiger partial charge in [0.1, 0.15) is 0 Å². The summed E-state index contributed by atoms with van der Waals surface area (Å²) >= 11 is 0. The van der Waals surface area contributed by atoms with Crippen LogP contribution in [0.15, 0.2) is 18.2 Å². The number of ether oxygens (including phenoxy) is 1. The molecule has 1 aromatic carbocycles. The van der Waals surface area contributed by atoms with E-state index in [0.717, 1.165) is 50.4 Å². The Kier molecular flexibility index (Phi) is 5.62. The van der Waals surface area contributed by atoms with E-state index >= 15 is 0 Å². The van der Waals surface area contributed by atoms with Gasteiger partial charge >= 0.3 is 0 Å². The fourth-order valence-electron chi connectivity index (χ4n) is 2.63. The normalized spacial score (nSPS) is 16.6. The molecule has 0 spiro atoms. The Morgan fingerprint density at radius 1 is 1.38 bits per heavy atom. The third kappa shape index (κ3) is 4.21. The zero-order valence-corrected chi connectivity index (χ0v) is 13.3. The molecule has 1 saturated heterocycles. The lowest BCUT2D eigenvalue weighted by Gasteiger charge is -2.29. The third-order valence-electron chi connectivity index (χ3n) is 4.01. The van der Waals surface area contributed by atoms with Gasteiger partial charge in [-0.2, -0.15) is 0 Å². The molecule has 1 amide bonds. The number of carbonyl (C=O) groups is 1. The van der Waals surface area contributed by atoms with Crippen molar-refractivity contribution in [3.05, 3.63) is 23.8 Å². The molecule has 1 aromatic rings. The first-order valence-corrected chi connectivity index (χ1v) is 7.86. The highest BCUT2D eigenvalue weighted by molar-refractivity contribution is 5.93. The molecule has 4 heteroatoms. The number of amides is 1. The summed E-state index contributed by atoms with van der Waals surface area (Å²) in [7, 11) is 0. The molecule has 0 aliphatic carbocycles. The van der Waals surface area contributed by atoms with Crippen molar-refractivity contribution in [3.8, 4) is 0 Å². The molecule has 0 saturated carbocycles. The minimum atomic E-state index is 0.0633. The average molecular weight is 290 g/mol. The van der Waals surface area contributed by atoms with Crippen molar-refractivity contribution >= 4 is 17.3 Å². The summed E-state index contributed by atoms with van der Waals surface area (Å²) in [5.41, 5.74) is 3.23. The molecule has 1 aliphatic rings. The van der Waals surface area contributed by atoms with Crippen LogP contribution in [0.3, 0.4) is 0 Å². The summed E-state index contributed by atoms with van der Waals surface area (Å²) in [4.78, 5) is 14.4. The molecule has 1 aliphatic heterocycles. The predicted molar refractivity (Wildman–Crippen MR) is 86.9 cm³/mol. The number of hydrogen-bond acceptors (Lipinski definition) is 3. The number of aryl methyl sites for hydroxylation is 1. The summed E-state index contributed by atoms with van der Waals surface area (Å²) in [5.74, 6) is 0.174. The number of benzene rings is 1. The number of hydrogen-bond donors (Lipinski definition) is 1. The lowest BCUT2D eigenvalue weighted by molar-refractivity contribution is -0.119. The van der Waals surface area contributed by atoms with Crippen LogP contribution in [-0.2, 0) is 9.53 Å². The highest BCUT2D eigenvalue weighted by Gasteiger charge is 2.15. The standard InChI is InChI=1S/C17H26N2O2/c1-4-5-13(2)17(20)18-16-7-6-15(12-14(16)3)19-8-10-21-11-9-19/h6-7,12-13H,4-5,8-11H2,1-3H3,(H,18,20). The van der Waals surface area contributed by atoms with Gasteiger partial charge in [0.05, 0.1) is 13.2 Å². The van der Waals surface area contributed by atoms with Crippen molar-refractivity contribution in [2.75, 3.05) is 36.5 Å². The molecule has 21 heavy (non-hydrogen) atoms. The lowest BCUT2D eigenvalue weighted by Crippen LogP contribution is -2.36. The van der Waals surface area contributed by atoms with E-state index in [-0.39, 0.29) is 11.8 Å². The van der Waals surface area contributed by atoms with Gasteiger partial charge in [-0.3, -0.25) is 4.79 Å². The Hall–Kier alpha value is -1.55. The fourth-order valence-corrected chi connectivity index (χ4v) is 2.63. The van der Waals surface area contributed by atoms with E-state index in [1.54, 1.807) is 0 Å². The van der Waals surface area contributed by atoms with Crippen LogP contribution in [0.2, 0.25) is 0 Å². The topological polar surface area (TPSA) is 41.6 Å². The van der Waals surface area contributed by atoms with E-state index < -0.39 is 0 Å². The molecule has 1 unspecified atom stereocenters. The van der Waals surface area contributed by atoms with Gasteiger partial charge in [-0.15, -0.1) is 0 Å². The maximum atomic E-state index is 12.1. The van der Waals surface area contributed by atoms with Gasteiger partial charge in [0.15, 0.2) is 0 Å². The molecule has 116 valence electrons. The Morgan fingerprint density at radius 2 is 2.10 bits per heavy atom. The van der Waals surface area contributed by atoms with E-state index in [2.05, 4.69) is 29.3 Å². The molecular weight excluding hydrogens is 264 g/mol. The van der Waals surface area contributed by atoms with Gasteiger partial charge in [-0.05, 0) is 37.1 Å². The van der Waals surface area contributed by atoms with Crippen molar-refractivity contribution in [1.82, 2.24) is 0 Å². The first-order valence-electron chi connectivity index (χ1n) is 7.86. The van der Waals surface area contributed by atoms with Gasteiger partial charge in [-0.1, -0.05) is 20.3 Å². The van der Waals surface area contributed by atoms with Gasteiger partial charge < -0.3 is 15.0 Å². The SMILES string of the molecule is CCCC(C)C(=O)Nc1ccc(N2CCOCC2)cc1C. The number of morpholine rings is 1. The van der Waals surface area contributed by atoms with Crippen molar-refractivity contribution < 1.29 is 9.53 Å². The number of nitrogens with zero attached hydrogens (tertiary/aromatic N) is 1. The van der Waals surface area contributed by atoms with Crippen LogP contribution in [0.5, 0.6) is 0 Å². The van der Waals surface area contributed by atoms with Crippen LogP contribution in [0.4, 0.5) is 11.4 Å². The van der Waals surface area contributed by atoms with Crippen molar-refractivity contribution in [2.45, 2.75) is 33.6 Å². The summed E-state index contributed by atoms with van der Waals surface area (Å²) in [6.45, 7) is 9.56. The summed E-state index contributed by atoms with van der Waals surface area (Å²) in [6.07, 6.45) is 1.96. The maximum Gasteiger partial charge on any atom is 0.227 e. The number of anilines is 2. The van der Waals surface area contributed by atoms with Crippen LogP contribution >= 0.6 is 0 Å². The lowest BCUT2D eigenvalue weighted by atomic mass is 10.0. The van der Waals surface area contributed by atoms with Crippen molar-refractivity contribution in [3.63, 3.8) is 0 Å². The molecule has 4 nitrogen and oxygen atoms in total. The Balaban J connectivity index is 2.03. The van der Waals surface area contributed by atoms with E-state index in [1.807, 2.05) is 19.9 Å². The van der Waals surface area contributed by atoms with Gasteiger partial charge in [-0.25, -0.2) is 0 Å². The van der Waals surface area contributed by atoms with E-state index in [1.165, 1.54) is 5.69 Å². The van der Waals surface area contributed by atoms with E-state index in [9.17, 15) is 4.79 Å². The van der Waals surface area contributed by atoms with Gasteiger partial charge in [0.2, 0.25) is 5.91 Å². The van der Waals surface area contributed by atoms with E-state index in [4.69, 9.17) is 4.74 Å². The molecule has 1 atom stereocenters. The highest BCUT2D eigenvalue weighted by atomic mass is 16.5. The second kappa shape index (κ2) is 7.46. The number of carbonyl (C=O) groups excluding carboxylic acids is 1. The second-order valence-electron chi connectivity index (χ2n) is 5.78. The maximum absolute atomic E-state index is 12.1. The van der Waals surface area contributed by atoms with Crippen LogP contribution in [0.1, 0.15) is 32.3 Å². The molecule has 1 N–H and O–H groups in total. The summed E-state index contributed by atoms with van der Waals surface area (Å²) in [5, 5.41) is 3.04. The van der Waals surface area contributed by atoms with Gasteiger partial charge in [0.25, 0.3) is 0 Å². The van der Waals surface area contributed by atoms with Crippen molar-refractivity contribution in [1.29, 1.82) is 0 Å². The molecule has 0 aromatic heterocycles. The monoisotopic (exact) mass is 290 g/mol. The first kappa shape index (κ1) is 15.8. The molecule has 2 rings (SSSR count). The Labute approximate surface area is 127 Å². The van der Waals surface area contributed by atoms with Crippen LogP contribution in [0.25, 0.3) is 0 Å². The smallest absolute Gasteiger partial charge is 0.227 e. The van der Waals surface area contributed by atoms with Crippen LogP contribution in [-0.4, -0.2) is 32.2 Å².